The topological polar surface area (TPSA) is 82.3 Å². The van der Waals surface area contributed by atoms with E-state index in [4.69, 9.17) is 16.3 Å². The molecule has 2 rings (SSSR count). The Kier molecular flexibility index (Phi) is 4.95. The molecule has 1 aromatic heterocycles. The number of pyridine rings is 1. The third-order valence-electron chi connectivity index (χ3n) is 2.91. The number of halogens is 1. The van der Waals surface area contributed by atoms with Gasteiger partial charge in [0.25, 0.3) is 5.91 Å². The lowest BCUT2D eigenvalue weighted by Gasteiger charge is -2.09. The maximum atomic E-state index is 11.8. The largest absolute Gasteiger partial charge is 0.619 e. The maximum absolute atomic E-state index is 11.8. The summed E-state index contributed by atoms with van der Waals surface area (Å²) in [6.45, 7) is 1.34. The third kappa shape index (κ3) is 3.95. The average molecular weight is 321 g/mol. The van der Waals surface area contributed by atoms with Crippen LogP contribution in [0.2, 0.25) is 5.02 Å². The van der Waals surface area contributed by atoms with Crippen LogP contribution in [0.5, 0.6) is 0 Å². The summed E-state index contributed by atoms with van der Waals surface area (Å²) in [5, 5.41) is 14.0. The molecule has 0 atom stereocenters. The molecule has 0 unspecified atom stereocenters. The lowest BCUT2D eigenvalue weighted by molar-refractivity contribution is -0.605. The van der Waals surface area contributed by atoms with E-state index < -0.39 is 18.5 Å². The van der Waals surface area contributed by atoms with Crippen LogP contribution >= 0.6 is 11.6 Å². The number of nitrogens with one attached hydrogen (secondary N) is 1. The molecule has 0 aliphatic carbocycles. The van der Waals surface area contributed by atoms with Gasteiger partial charge in [0.1, 0.15) is 0 Å². The molecular weight excluding hydrogens is 308 g/mol. The molecule has 22 heavy (non-hydrogen) atoms. The van der Waals surface area contributed by atoms with Crippen LogP contribution in [0.4, 0.5) is 5.69 Å². The highest BCUT2D eigenvalue weighted by Crippen LogP contribution is 2.22. The lowest BCUT2D eigenvalue weighted by atomic mass is 10.2. The molecule has 0 aliphatic heterocycles. The molecule has 0 radical (unpaired) electrons. The van der Waals surface area contributed by atoms with Crippen molar-refractivity contribution in [1.82, 2.24) is 0 Å². The van der Waals surface area contributed by atoms with Crippen LogP contribution in [0.3, 0.4) is 0 Å². The quantitative estimate of drug-likeness (QED) is 0.531. The molecule has 1 amide bonds. The molecule has 0 saturated heterocycles. The number of nitrogens with zero attached hydrogens (tertiary/aromatic N) is 1. The molecule has 0 saturated carbocycles. The van der Waals surface area contributed by atoms with E-state index in [9.17, 15) is 14.8 Å². The Labute approximate surface area is 131 Å². The van der Waals surface area contributed by atoms with Crippen LogP contribution in [-0.4, -0.2) is 18.5 Å². The Bertz CT molecular complexity index is 701. The van der Waals surface area contributed by atoms with Gasteiger partial charge in [-0.05, 0) is 24.6 Å². The Hall–Kier alpha value is -2.60. The van der Waals surface area contributed by atoms with Crippen LogP contribution in [0, 0.1) is 12.1 Å². The first-order valence-electron chi connectivity index (χ1n) is 6.38. The molecular formula is C15H13ClN2O4. The fraction of sp³-hybridized carbons (Fsp3) is 0.133. The second-order valence-corrected chi connectivity index (χ2v) is 4.89. The molecule has 0 spiro atoms. The number of anilines is 1. The van der Waals surface area contributed by atoms with Crippen molar-refractivity contribution in [3.05, 3.63) is 64.1 Å². The molecule has 1 N–H and O–H groups in total. The minimum absolute atomic E-state index is 0.193. The second kappa shape index (κ2) is 6.91. The van der Waals surface area contributed by atoms with Crippen LogP contribution in [0.1, 0.15) is 15.9 Å². The smallest absolute Gasteiger partial charge is 0.339 e. The Morgan fingerprint density at radius 3 is 2.64 bits per heavy atom. The number of carbonyl (C=O) groups is 2. The van der Waals surface area contributed by atoms with Gasteiger partial charge in [-0.3, -0.25) is 4.79 Å². The fourth-order valence-electron chi connectivity index (χ4n) is 1.69. The van der Waals surface area contributed by atoms with Gasteiger partial charge in [0, 0.05) is 22.8 Å². The van der Waals surface area contributed by atoms with Crippen molar-refractivity contribution in [2.24, 2.45) is 0 Å². The number of hydrogen-bond donors (Lipinski definition) is 1. The molecule has 1 aromatic carbocycles. The van der Waals surface area contributed by atoms with Crippen molar-refractivity contribution in [3.63, 3.8) is 0 Å². The summed E-state index contributed by atoms with van der Waals surface area (Å²) in [6, 6.07) is 7.75. The molecule has 114 valence electrons. The van der Waals surface area contributed by atoms with Crippen LogP contribution in [0.25, 0.3) is 0 Å². The standard InChI is InChI=1S/C15H13ClN2O4/c1-10-12(16)3-2-4-13(10)17-14(19)9-22-15(20)11-5-7-18(21)8-6-11/h2-8H,9H2,1H3,(H,17,19). The number of benzene rings is 1. The van der Waals surface area contributed by atoms with Crippen molar-refractivity contribution < 1.29 is 19.1 Å². The summed E-state index contributed by atoms with van der Waals surface area (Å²) in [7, 11) is 0. The molecule has 2 aromatic rings. The van der Waals surface area contributed by atoms with E-state index in [1.165, 1.54) is 24.5 Å². The molecule has 6 nitrogen and oxygen atoms in total. The first kappa shape index (κ1) is 15.8. The summed E-state index contributed by atoms with van der Waals surface area (Å²) in [6.07, 6.45) is 2.35. The second-order valence-electron chi connectivity index (χ2n) is 4.48. The van der Waals surface area contributed by atoms with E-state index >= 15 is 0 Å². The Morgan fingerprint density at radius 1 is 1.27 bits per heavy atom. The van der Waals surface area contributed by atoms with E-state index in [1.54, 1.807) is 25.1 Å². The van der Waals surface area contributed by atoms with Crippen LogP contribution in [0.15, 0.2) is 42.7 Å². The zero-order chi connectivity index (χ0) is 16.1. The highest BCUT2D eigenvalue weighted by atomic mass is 35.5. The van der Waals surface area contributed by atoms with E-state index in [-0.39, 0.29) is 5.56 Å². The Balaban J connectivity index is 1.91. The number of rotatable bonds is 4. The van der Waals surface area contributed by atoms with Crippen LogP contribution < -0.4 is 10.0 Å². The summed E-state index contributed by atoms with van der Waals surface area (Å²) in [5.74, 6) is -1.16. The van der Waals surface area contributed by atoms with Gasteiger partial charge in [0.15, 0.2) is 19.0 Å². The van der Waals surface area contributed by atoms with Gasteiger partial charge in [-0.15, -0.1) is 0 Å². The van der Waals surface area contributed by atoms with Gasteiger partial charge in [-0.1, -0.05) is 17.7 Å². The number of amides is 1. The van der Waals surface area contributed by atoms with Gasteiger partial charge in [-0.25, -0.2) is 4.79 Å². The Morgan fingerprint density at radius 2 is 1.95 bits per heavy atom. The highest BCUT2D eigenvalue weighted by molar-refractivity contribution is 6.31. The minimum Gasteiger partial charge on any atom is -0.619 e. The molecule has 0 bridgehead atoms. The van der Waals surface area contributed by atoms with Gasteiger partial charge in [-0.2, -0.15) is 4.73 Å². The number of hydrogen-bond acceptors (Lipinski definition) is 4. The number of ether oxygens (including phenoxy) is 1. The first-order valence-corrected chi connectivity index (χ1v) is 6.76. The monoisotopic (exact) mass is 320 g/mol. The molecule has 7 heteroatoms. The van der Waals surface area contributed by atoms with Gasteiger partial charge >= 0.3 is 5.97 Å². The fourth-order valence-corrected chi connectivity index (χ4v) is 1.87. The third-order valence-corrected chi connectivity index (χ3v) is 3.32. The van der Waals surface area contributed by atoms with Gasteiger partial charge < -0.3 is 15.3 Å². The summed E-state index contributed by atoms with van der Waals surface area (Å²) < 4.78 is 5.42. The van der Waals surface area contributed by atoms with E-state index in [1.807, 2.05) is 0 Å². The zero-order valence-corrected chi connectivity index (χ0v) is 12.5. The SMILES string of the molecule is Cc1c(Cl)cccc1NC(=O)COC(=O)c1cc[n+]([O-])cc1. The predicted molar refractivity (Wildman–Crippen MR) is 80.5 cm³/mol. The number of carbonyl (C=O) groups excluding carboxylic acids is 2. The summed E-state index contributed by atoms with van der Waals surface area (Å²) >= 11 is 5.95. The molecule has 1 heterocycles. The molecule has 0 fully saturated rings. The van der Waals surface area contributed by atoms with Crippen molar-refractivity contribution >= 4 is 29.2 Å². The van der Waals surface area contributed by atoms with E-state index in [0.29, 0.717) is 15.4 Å². The van der Waals surface area contributed by atoms with E-state index in [2.05, 4.69) is 5.32 Å². The van der Waals surface area contributed by atoms with E-state index in [0.717, 1.165) is 5.56 Å². The lowest BCUT2D eigenvalue weighted by Crippen LogP contribution is -2.25. The average Bonchev–Trinajstić information content (AvgIpc) is 2.50. The number of esters is 1. The zero-order valence-electron chi connectivity index (χ0n) is 11.7. The summed E-state index contributed by atoms with van der Waals surface area (Å²) in [5.41, 5.74) is 1.48. The van der Waals surface area contributed by atoms with Crippen molar-refractivity contribution in [1.29, 1.82) is 0 Å². The predicted octanol–water partition coefficient (Wildman–Crippen LogP) is 2.08. The van der Waals surface area contributed by atoms with Crippen LogP contribution in [-0.2, 0) is 9.53 Å². The summed E-state index contributed by atoms with van der Waals surface area (Å²) in [4.78, 5) is 23.5. The van der Waals surface area contributed by atoms with Gasteiger partial charge in [0.2, 0.25) is 0 Å². The van der Waals surface area contributed by atoms with Gasteiger partial charge in [0.05, 0.1) is 5.56 Å². The minimum atomic E-state index is -0.682. The van der Waals surface area contributed by atoms with Crippen molar-refractivity contribution in [2.45, 2.75) is 6.92 Å². The van der Waals surface area contributed by atoms with Crippen molar-refractivity contribution in [2.75, 3.05) is 11.9 Å². The highest BCUT2D eigenvalue weighted by Gasteiger charge is 2.12. The van der Waals surface area contributed by atoms with Crippen molar-refractivity contribution in [3.8, 4) is 0 Å². The number of aromatic nitrogens is 1. The molecule has 0 aliphatic rings. The normalized spacial score (nSPS) is 10.1. The first-order chi connectivity index (χ1) is 10.5. The maximum Gasteiger partial charge on any atom is 0.339 e.